The highest BCUT2D eigenvalue weighted by molar-refractivity contribution is 7.17. The van der Waals surface area contributed by atoms with Crippen molar-refractivity contribution >= 4 is 39.8 Å². The molecule has 2 N–H and O–H groups in total. The van der Waals surface area contributed by atoms with Crippen LogP contribution in [0.1, 0.15) is 58.3 Å². The highest BCUT2D eigenvalue weighted by atomic mass is 32.1. The van der Waals surface area contributed by atoms with Crippen molar-refractivity contribution in [1.82, 2.24) is 0 Å². The summed E-state index contributed by atoms with van der Waals surface area (Å²) in [7, 11) is 1.58. The van der Waals surface area contributed by atoms with E-state index >= 15 is 0 Å². The van der Waals surface area contributed by atoms with Gasteiger partial charge in [0.25, 0.3) is 11.8 Å². The number of esters is 1. The number of thiophene rings is 1. The van der Waals surface area contributed by atoms with Crippen molar-refractivity contribution in [3.63, 3.8) is 0 Å². The summed E-state index contributed by atoms with van der Waals surface area (Å²) in [6.07, 6.45) is 1.93. The second-order valence-electron chi connectivity index (χ2n) is 9.23. The number of carbonyl (C=O) groups excluding carboxylic acids is 3. The Balaban J connectivity index is 1.40. The maximum atomic E-state index is 13.0. The molecule has 0 saturated heterocycles. The summed E-state index contributed by atoms with van der Waals surface area (Å²) >= 11 is 1.45. The Morgan fingerprint density at radius 1 is 1.03 bits per heavy atom. The minimum Gasteiger partial charge on any atom is -0.497 e. The number of nitrogens with one attached hydrogen (secondary N) is 2. The standard InChI is InChI=1S/C29H32N2O6S/c1-5-36-29(34)25-23-15-6-17(2)16-24(23)38-28(25)31-27(33)19-7-11-22(12-8-19)37-18(3)26(32)30-20-9-13-21(35-4)14-10-20/h7-14,17-18H,5-6,15-16H2,1-4H3,(H,30,32)(H,31,33)/t17-,18+/m0/s1. The lowest BCUT2D eigenvalue weighted by molar-refractivity contribution is -0.122. The molecule has 3 aromatic rings. The van der Waals surface area contributed by atoms with Crippen molar-refractivity contribution in [2.24, 2.45) is 5.92 Å². The van der Waals surface area contributed by atoms with Crippen LogP contribution >= 0.6 is 11.3 Å². The number of hydrogen-bond acceptors (Lipinski definition) is 7. The number of hydrogen-bond donors (Lipinski definition) is 2. The molecular formula is C29H32N2O6S. The van der Waals surface area contributed by atoms with E-state index in [9.17, 15) is 14.4 Å². The van der Waals surface area contributed by atoms with Crippen LogP contribution in [0.15, 0.2) is 48.5 Å². The summed E-state index contributed by atoms with van der Waals surface area (Å²) in [6.45, 7) is 5.88. The van der Waals surface area contributed by atoms with E-state index in [1.165, 1.54) is 11.3 Å². The fraction of sp³-hybridized carbons (Fsp3) is 0.345. The number of ether oxygens (including phenoxy) is 3. The minimum absolute atomic E-state index is 0.269. The second-order valence-corrected chi connectivity index (χ2v) is 10.3. The van der Waals surface area contributed by atoms with Gasteiger partial charge in [-0.05, 0) is 93.1 Å². The first-order valence-corrected chi connectivity index (χ1v) is 13.4. The summed E-state index contributed by atoms with van der Waals surface area (Å²) in [4.78, 5) is 39.4. The van der Waals surface area contributed by atoms with Crippen LogP contribution < -0.4 is 20.1 Å². The predicted molar refractivity (Wildman–Crippen MR) is 148 cm³/mol. The van der Waals surface area contributed by atoms with Crippen molar-refractivity contribution < 1.29 is 28.6 Å². The Labute approximate surface area is 226 Å². The Morgan fingerprint density at radius 3 is 2.37 bits per heavy atom. The van der Waals surface area contributed by atoms with E-state index in [4.69, 9.17) is 14.2 Å². The number of rotatable bonds is 9. The molecule has 200 valence electrons. The molecule has 4 rings (SSSR count). The number of carbonyl (C=O) groups is 3. The number of methoxy groups -OCH3 is 1. The zero-order valence-corrected chi connectivity index (χ0v) is 22.8. The van der Waals surface area contributed by atoms with E-state index < -0.39 is 12.1 Å². The van der Waals surface area contributed by atoms with Crippen molar-refractivity contribution in [3.05, 3.63) is 70.1 Å². The first-order valence-electron chi connectivity index (χ1n) is 12.6. The Hall–Kier alpha value is -3.85. The van der Waals surface area contributed by atoms with Gasteiger partial charge < -0.3 is 24.8 Å². The summed E-state index contributed by atoms with van der Waals surface area (Å²) in [6, 6.07) is 13.5. The normalized spacial score (nSPS) is 15.1. The molecule has 2 amide bonds. The van der Waals surface area contributed by atoms with Crippen LogP contribution in [0.3, 0.4) is 0 Å². The number of benzene rings is 2. The molecule has 9 heteroatoms. The summed E-state index contributed by atoms with van der Waals surface area (Å²) in [5.41, 5.74) is 2.50. The van der Waals surface area contributed by atoms with E-state index in [1.807, 2.05) is 0 Å². The van der Waals surface area contributed by atoms with Gasteiger partial charge in [0.2, 0.25) is 0 Å². The maximum absolute atomic E-state index is 13.0. The van der Waals surface area contributed by atoms with Gasteiger partial charge in [-0.15, -0.1) is 11.3 Å². The maximum Gasteiger partial charge on any atom is 0.341 e. The molecule has 8 nitrogen and oxygen atoms in total. The highest BCUT2D eigenvalue weighted by Gasteiger charge is 2.29. The quantitative estimate of drug-likeness (QED) is 0.339. The van der Waals surface area contributed by atoms with Gasteiger partial charge in [-0.1, -0.05) is 6.92 Å². The van der Waals surface area contributed by atoms with E-state index in [1.54, 1.807) is 69.5 Å². The van der Waals surface area contributed by atoms with Gasteiger partial charge in [0.15, 0.2) is 6.10 Å². The van der Waals surface area contributed by atoms with Gasteiger partial charge in [-0.3, -0.25) is 9.59 Å². The van der Waals surface area contributed by atoms with E-state index in [-0.39, 0.29) is 18.4 Å². The van der Waals surface area contributed by atoms with Crippen LogP contribution in [0.5, 0.6) is 11.5 Å². The molecule has 1 aliphatic rings. The summed E-state index contributed by atoms with van der Waals surface area (Å²) < 4.78 is 16.2. The van der Waals surface area contributed by atoms with E-state index in [0.29, 0.717) is 39.2 Å². The van der Waals surface area contributed by atoms with E-state index in [2.05, 4.69) is 17.6 Å². The van der Waals surface area contributed by atoms with Crippen LogP contribution in [0.25, 0.3) is 0 Å². The zero-order chi connectivity index (χ0) is 27.2. The molecule has 0 saturated carbocycles. The lowest BCUT2D eigenvalue weighted by Crippen LogP contribution is -2.30. The van der Waals surface area contributed by atoms with Crippen LogP contribution in [0.4, 0.5) is 10.7 Å². The first-order chi connectivity index (χ1) is 18.3. The average molecular weight is 537 g/mol. The van der Waals surface area contributed by atoms with Gasteiger partial charge in [-0.2, -0.15) is 0 Å². The Kier molecular flexibility index (Phi) is 8.68. The molecule has 2 aromatic carbocycles. The van der Waals surface area contributed by atoms with Crippen LogP contribution in [-0.4, -0.2) is 37.6 Å². The van der Waals surface area contributed by atoms with Gasteiger partial charge in [0.1, 0.15) is 16.5 Å². The van der Waals surface area contributed by atoms with Crippen molar-refractivity contribution in [1.29, 1.82) is 0 Å². The second kappa shape index (κ2) is 12.1. The monoisotopic (exact) mass is 536 g/mol. The molecule has 0 radical (unpaired) electrons. The number of fused-ring (bicyclic) bond motifs is 1. The molecule has 1 heterocycles. The third-order valence-electron chi connectivity index (χ3n) is 6.37. The summed E-state index contributed by atoms with van der Waals surface area (Å²) in [5.74, 6) is 0.639. The smallest absolute Gasteiger partial charge is 0.341 e. The summed E-state index contributed by atoms with van der Waals surface area (Å²) in [5, 5.41) is 6.24. The molecule has 0 unspecified atom stereocenters. The van der Waals surface area contributed by atoms with Gasteiger partial charge >= 0.3 is 5.97 Å². The Morgan fingerprint density at radius 2 is 1.71 bits per heavy atom. The lowest BCUT2D eigenvalue weighted by atomic mass is 9.88. The molecule has 0 fully saturated rings. The highest BCUT2D eigenvalue weighted by Crippen LogP contribution is 2.40. The molecule has 0 bridgehead atoms. The number of amides is 2. The van der Waals surface area contributed by atoms with E-state index in [0.717, 1.165) is 29.7 Å². The zero-order valence-electron chi connectivity index (χ0n) is 22.0. The topological polar surface area (TPSA) is 103 Å². The molecule has 0 spiro atoms. The fourth-order valence-electron chi connectivity index (χ4n) is 4.29. The molecule has 1 aromatic heterocycles. The van der Waals surface area contributed by atoms with Crippen molar-refractivity contribution in [3.8, 4) is 11.5 Å². The lowest BCUT2D eigenvalue weighted by Gasteiger charge is -2.18. The number of anilines is 2. The van der Waals surface area contributed by atoms with Crippen LogP contribution in [0.2, 0.25) is 0 Å². The predicted octanol–water partition coefficient (Wildman–Crippen LogP) is 5.72. The molecule has 0 aliphatic heterocycles. The van der Waals surface area contributed by atoms with Crippen molar-refractivity contribution in [2.75, 3.05) is 24.4 Å². The van der Waals surface area contributed by atoms with Crippen LogP contribution in [-0.2, 0) is 22.4 Å². The SMILES string of the molecule is CCOC(=O)c1c(NC(=O)c2ccc(O[C@H](C)C(=O)Nc3ccc(OC)cc3)cc2)sc2c1CC[C@H](C)C2. The minimum atomic E-state index is -0.760. The largest absolute Gasteiger partial charge is 0.497 e. The third kappa shape index (κ3) is 6.34. The van der Waals surface area contributed by atoms with Gasteiger partial charge in [0.05, 0.1) is 19.3 Å². The van der Waals surface area contributed by atoms with Crippen LogP contribution in [0, 0.1) is 5.92 Å². The van der Waals surface area contributed by atoms with Gasteiger partial charge in [0, 0.05) is 16.1 Å². The van der Waals surface area contributed by atoms with Crippen molar-refractivity contribution in [2.45, 2.75) is 46.1 Å². The average Bonchev–Trinajstić information content (AvgIpc) is 3.26. The van der Waals surface area contributed by atoms with Gasteiger partial charge in [-0.25, -0.2) is 4.79 Å². The molecular weight excluding hydrogens is 504 g/mol. The fourth-order valence-corrected chi connectivity index (χ4v) is 5.69. The Bertz CT molecular complexity index is 1300. The first kappa shape index (κ1) is 27.2. The molecule has 38 heavy (non-hydrogen) atoms. The molecule has 1 aliphatic carbocycles. The third-order valence-corrected chi connectivity index (χ3v) is 7.54. The molecule has 2 atom stereocenters.